The molecular weight excluding hydrogens is 526 g/mol. The molecule has 1 aliphatic heterocycles. The lowest BCUT2D eigenvalue weighted by atomic mass is 10.1. The molecule has 4 aromatic heterocycles. The first-order chi connectivity index (χ1) is 15.0. The van der Waals surface area contributed by atoms with Gasteiger partial charge in [0, 0.05) is 25.4 Å². The van der Waals surface area contributed by atoms with E-state index in [1.165, 1.54) is 0 Å². The second-order valence-corrected chi connectivity index (χ2v) is 9.86. The van der Waals surface area contributed by atoms with E-state index in [-0.39, 0.29) is 6.04 Å². The van der Waals surface area contributed by atoms with Gasteiger partial charge in [0.05, 0.1) is 48.2 Å². The number of nitrogens with zero attached hydrogens (tertiary/aromatic N) is 8. The monoisotopic (exact) mass is 550 g/mol. The fourth-order valence-corrected chi connectivity index (χ4v) is 5.74. The fourth-order valence-electron chi connectivity index (χ4n) is 4.18. The Morgan fingerprint density at radius 3 is 2.74 bits per heavy atom. The molecule has 0 bridgehead atoms. The van der Waals surface area contributed by atoms with Crippen molar-refractivity contribution in [2.24, 2.45) is 7.05 Å². The lowest BCUT2D eigenvalue weighted by Crippen LogP contribution is -2.44. The first kappa shape index (κ1) is 20.8. The second kappa shape index (κ2) is 8.14. The van der Waals surface area contributed by atoms with Gasteiger partial charge in [-0.25, -0.2) is 14.0 Å². The Labute approximate surface area is 195 Å². The highest BCUT2D eigenvalue weighted by atomic mass is 127. The molecule has 1 aliphatic rings. The average molecular weight is 550 g/mol. The molecule has 11 heteroatoms. The average Bonchev–Trinajstić information content (AvgIpc) is 3.44. The van der Waals surface area contributed by atoms with Crippen molar-refractivity contribution in [3.8, 4) is 22.8 Å². The molecule has 4 aromatic rings. The number of ether oxygens (including phenoxy) is 1. The zero-order chi connectivity index (χ0) is 21.7. The number of halogens is 1. The zero-order valence-corrected chi connectivity index (χ0v) is 21.0. The summed E-state index contributed by atoms with van der Waals surface area (Å²) in [7, 11) is 1.96. The normalized spacial score (nSPS) is 17.5. The molecule has 0 N–H and O–H groups in total. The molecule has 1 unspecified atom stereocenters. The summed E-state index contributed by atoms with van der Waals surface area (Å²) in [5.74, 6) is 1.72. The molecule has 0 aliphatic carbocycles. The first-order valence-electron chi connectivity index (χ1n) is 10.1. The summed E-state index contributed by atoms with van der Waals surface area (Å²) in [5, 5.41) is 14.1. The van der Waals surface area contributed by atoms with E-state index in [0.29, 0.717) is 19.6 Å². The van der Waals surface area contributed by atoms with E-state index in [9.17, 15) is 0 Å². The highest BCUT2D eigenvalue weighted by Crippen LogP contribution is 2.36. The molecule has 1 fully saturated rings. The maximum atomic E-state index is 5.66. The molecule has 0 radical (unpaired) electrons. The Morgan fingerprint density at radius 1 is 1.19 bits per heavy atom. The van der Waals surface area contributed by atoms with E-state index in [4.69, 9.17) is 14.8 Å². The molecular formula is C20H24IN8OP. The summed E-state index contributed by atoms with van der Waals surface area (Å²) in [6.07, 6.45) is 2.30. The van der Waals surface area contributed by atoms with Gasteiger partial charge >= 0.3 is 0 Å². The van der Waals surface area contributed by atoms with Gasteiger partial charge in [-0.15, -0.1) is 5.10 Å². The van der Waals surface area contributed by atoms with Crippen molar-refractivity contribution in [2.45, 2.75) is 26.8 Å². The molecule has 5 heterocycles. The van der Waals surface area contributed by atoms with Gasteiger partial charge in [0.2, 0.25) is 0 Å². The fraction of sp³-hybridized carbons (Fsp3) is 0.400. The van der Waals surface area contributed by atoms with Crippen molar-refractivity contribution in [1.29, 1.82) is 0 Å². The first-order valence-corrected chi connectivity index (χ1v) is 14.2. The van der Waals surface area contributed by atoms with Crippen LogP contribution in [0.25, 0.3) is 28.3 Å². The quantitative estimate of drug-likeness (QED) is 0.286. The SMILES string of the molecule is Cc1cc(-c2nc(C)c3c(-c4ccnn4C)cc(N4CCOC[C@H]4C)nn23)n(PI)n1. The Morgan fingerprint density at radius 2 is 2.03 bits per heavy atom. The van der Waals surface area contributed by atoms with Crippen LogP contribution in [0, 0.1) is 13.8 Å². The van der Waals surface area contributed by atoms with Gasteiger partial charge in [0.15, 0.2) is 11.6 Å². The highest BCUT2D eigenvalue weighted by Gasteiger charge is 2.26. The van der Waals surface area contributed by atoms with Crippen LogP contribution in [0.5, 0.6) is 0 Å². The number of hydrogen-bond donors (Lipinski definition) is 0. The lowest BCUT2D eigenvalue weighted by molar-refractivity contribution is 0.0984. The standard InChI is InChI=1S/C20H24IN8OP/c1-12-9-17(29(24-12)31-21)20-23-14(3)19-15(16-5-6-22-26(16)4)10-18(25-28(19)20)27-7-8-30-11-13(27)2/h5-6,9-10,13,31H,7-8,11H2,1-4H3/t13-/m1/s1. The molecule has 0 amide bonds. The van der Waals surface area contributed by atoms with Gasteiger partial charge in [-0.05, 0) is 61.0 Å². The highest BCUT2D eigenvalue weighted by molar-refractivity contribution is 14.2. The van der Waals surface area contributed by atoms with E-state index in [2.05, 4.69) is 56.2 Å². The molecule has 31 heavy (non-hydrogen) atoms. The number of aryl methyl sites for hydroxylation is 3. The van der Waals surface area contributed by atoms with Gasteiger partial charge in [-0.2, -0.15) is 10.2 Å². The van der Waals surface area contributed by atoms with Crippen LogP contribution in [0.15, 0.2) is 24.4 Å². The van der Waals surface area contributed by atoms with Crippen molar-refractivity contribution in [3.05, 3.63) is 35.8 Å². The van der Waals surface area contributed by atoms with Crippen LogP contribution in [0.1, 0.15) is 18.3 Å². The summed E-state index contributed by atoms with van der Waals surface area (Å²) in [4.78, 5) is 7.27. The molecule has 9 nitrogen and oxygen atoms in total. The van der Waals surface area contributed by atoms with Crippen LogP contribution in [0.4, 0.5) is 5.82 Å². The Hall–Kier alpha value is -2.04. The zero-order valence-electron chi connectivity index (χ0n) is 17.9. The number of hydrogen-bond acceptors (Lipinski definition) is 6. The van der Waals surface area contributed by atoms with Crippen molar-refractivity contribution in [3.63, 3.8) is 0 Å². The van der Waals surface area contributed by atoms with Crippen molar-refractivity contribution in [2.75, 3.05) is 24.7 Å². The predicted octanol–water partition coefficient (Wildman–Crippen LogP) is 3.63. The lowest BCUT2D eigenvalue weighted by Gasteiger charge is -2.34. The van der Waals surface area contributed by atoms with Crippen LogP contribution < -0.4 is 4.90 Å². The number of imidazole rings is 1. The third-order valence-corrected chi connectivity index (χ3v) is 7.53. The second-order valence-electron chi connectivity index (χ2n) is 7.82. The molecule has 0 saturated carbocycles. The number of anilines is 1. The number of morpholine rings is 1. The molecule has 162 valence electrons. The predicted molar refractivity (Wildman–Crippen MR) is 131 cm³/mol. The van der Waals surface area contributed by atoms with Crippen molar-refractivity contribution >= 4 is 39.7 Å². The maximum Gasteiger partial charge on any atom is 0.180 e. The molecule has 2 atom stereocenters. The molecule has 0 spiro atoms. The smallest absolute Gasteiger partial charge is 0.180 e. The molecule has 0 aromatic carbocycles. The van der Waals surface area contributed by atoms with E-state index in [1.807, 2.05) is 46.8 Å². The minimum Gasteiger partial charge on any atom is -0.377 e. The van der Waals surface area contributed by atoms with Crippen LogP contribution in [-0.2, 0) is 11.8 Å². The Balaban J connectivity index is 1.81. The van der Waals surface area contributed by atoms with Crippen LogP contribution in [-0.4, -0.2) is 59.7 Å². The van der Waals surface area contributed by atoms with Gasteiger partial charge in [-0.1, -0.05) is 0 Å². The maximum absolute atomic E-state index is 5.66. The minimum absolute atomic E-state index is 0.245. The van der Waals surface area contributed by atoms with Gasteiger partial charge in [0.1, 0.15) is 5.69 Å². The number of aromatic nitrogens is 7. The van der Waals surface area contributed by atoms with Crippen molar-refractivity contribution < 1.29 is 4.74 Å². The van der Waals surface area contributed by atoms with E-state index in [0.717, 1.165) is 52.0 Å². The van der Waals surface area contributed by atoms with E-state index in [1.54, 1.807) is 0 Å². The Kier molecular flexibility index (Phi) is 5.47. The minimum atomic E-state index is 0.245. The summed E-state index contributed by atoms with van der Waals surface area (Å²) in [6.45, 7) is 8.41. The third kappa shape index (κ3) is 3.54. The summed E-state index contributed by atoms with van der Waals surface area (Å²) >= 11 is 2.35. The molecule has 5 rings (SSSR count). The topological polar surface area (TPSA) is 78.3 Å². The van der Waals surface area contributed by atoms with Gasteiger partial charge < -0.3 is 9.64 Å². The third-order valence-electron chi connectivity index (χ3n) is 5.66. The summed E-state index contributed by atoms with van der Waals surface area (Å²) < 4.78 is 11.5. The van der Waals surface area contributed by atoms with Crippen LogP contribution in [0.2, 0.25) is 0 Å². The van der Waals surface area contributed by atoms with Crippen molar-refractivity contribution in [1.82, 2.24) is 33.9 Å². The summed E-state index contributed by atoms with van der Waals surface area (Å²) in [5.41, 5.74) is 5.97. The van der Waals surface area contributed by atoms with Gasteiger partial charge in [-0.3, -0.25) is 4.68 Å². The summed E-state index contributed by atoms with van der Waals surface area (Å²) in [6, 6.07) is 6.52. The van der Waals surface area contributed by atoms with E-state index >= 15 is 0 Å². The largest absolute Gasteiger partial charge is 0.377 e. The number of rotatable bonds is 4. The Bertz CT molecular complexity index is 1260. The van der Waals surface area contributed by atoms with Crippen LogP contribution in [0.3, 0.4) is 0 Å². The molecule has 1 saturated heterocycles. The van der Waals surface area contributed by atoms with E-state index < -0.39 is 0 Å². The van der Waals surface area contributed by atoms with Gasteiger partial charge in [0.25, 0.3) is 0 Å². The number of fused-ring (bicyclic) bond motifs is 1. The van der Waals surface area contributed by atoms with Crippen LogP contribution >= 0.6 is 28.4 Å².